The number of nitrogens with one attached hydrogen (secondary N) is 1. The number of aryl methyl sites for hydroxylation is 1. The summed E-state index contributed by atoms with van der Waals surface area (Å²) in [5.74, 6) is -0.541. The van der Waals surface area contributed by atoms with Gasteiger partial charge < -0.3 is 10.1 Å². The minimum atomic E-state index is -3.64. The highest BCUT2D eigenvalue weighted by Crippen LogP contribution is 2.24. The van der Waals surface area contributed by atoms with Crippen LogP contribution in [0.4, 0.5) is 0 Å². The van der Waals surface area contributed by atoms with E-state index in [-0.39, 0.29) is 28.9 Å². The number of ether oxygens (including phenoxy) is 1. The molecule has 0 spiro atoms. The lowest BCUT2D eigenvalue weighted by molar-refractivity contribution is 0.0600. The molecule has 0 saturated carbocycles. The monoisotopic (exact) mass is 362 g/mol. The van der Waals surface area contributed by atoms with Crippen molar-refractivity contribution in [3.8, 4) is 0 Å². The fourth-order valence-electron chi connectivity index (χ4n) is 2.64. The number of nitrogens with zero attached hydrogens (tertiary/aromatic N) is 1. The molecule has 23 heavy (non-hydrogen) atoms. The molecule has 1 heterocycles. The normalized spacial score (nSPS) is 16.0. The first kappa shape index (κ1) is 19.9. The molecule has 0 bridgehead atoms. The van der Waals surface area contributed by atoms with Crippen molar-refractivity contribution in [2.24, 2.45) is 0 Å². The number of carbonyl (C=O) groups is 1. The number of rotatable bonds is 4. The third kappa shape index (κ3) is 4.23. The molecule has 1 N–H and O–H groups in total. The van der Waals surface area contributed by atoms with Crippen molar-refractivity contribution in [1.29, 1.82) is 0 Å². The molecule has 0 unspecified atom stereocenters. The number of benzene rings is 1. The van der Waals surface area contributed by atoms with Gasteiger partial charge in [-0.15, -0.1) is 12.4 Å². The maximum Gasteiger partial charge on any atom is 0.337 e. The van der Waals surface area contributed by atoms with E-state index in [1.807, 2.05) is 0 Å². The molecule has 1 aliphatic heterocycles. The van der Waals surface area contributed by atoms with Gasteiger partial charge in [-0.1, -0.05) is 6.07 Å². The molecule has 0 atom stereocenters. The van der Waals surface area contributed by atoms with Crippen molar-refractivity contribution in [2.45, 2.75) is 30.7 Å². The quantitative estimate of drug-likeness (QED) is 0.823. The van der Waals surface area contributed by atoms with Crippen molar-refractivity contribution in [3.05, 3.63) is 29.3 Å². The van der Waals surface area contributed by atoms with Gasteiger partial charge in [0.1, 0.15) is 0 Å². The zero-order valence-electron chi connectivity index (χ0n) is 13.5. The van der Waals surface area contributed by atoms with Gasteiger partial charge >= 0.3 is 5.97 Å². The number of methoxy groups -OCH3 is 1. The van der Waals surface area contributed by atoms with Gasteiger partial charge in [-0.05, 0) is 50.6 Å². The van der Waals surface area contributed by atoms with Gasteiger partial charge in [0.15, 0.2) is 0 Å². The SMILES string of the molecule is COC(=O)c1ccc(C)c(S(=O)(=O)N(C)C2CCNCC2)c1.Cl. The van der Waals surface area contributed by atoms with Crippen LogP contribution in [0, 0.1) is 6.92 Å². The molecule has 1 saturated heterocycles. The average Bonchev–Trinajstić information content (AvgIpc) is 2.54. The van der Waals surface area contributed by atoms with Crippen molar-refractivity contribution < 1.29 is 17.9 Å². The zero-order valence-corrected chi connectivity index (χ0v) is 15.2. The van der Waals surface area contributed by atoms with Gasteiger partial charge in [0, 0.05) is 13.1 Å². The summed E-state index contributed by atoms with van der Waals surface area (Å²) in [5.41, 5.74) is 0.860. The van der Waals surface area contributed by atoms with E-state index in [4.69, 9.17) is 0 Å². The molecule has 1 aromatic carbocycles. The first-order chi connectivity index (χ1) is 10.4. The highest BCUT2D eigenvalue weighted by molar-refractivity contribution is 7.89. The molecule has 0 radical (unpaired) electrons. The number of carbonyl (C=O) groups excluding carboxylic acids is 1. The lowest BCUT2D eigenvalue weighted by Crippen LogP contribution is -2.44. The number of piperidine rings is 1. The van der Waals surface area contributed by atoms with E-state index in [1.54, 1.807) is 26.1 Å². The molecule has 0 aromatic heterocycles. The zero-order chi connectivity index (χ0) is 16.3. The maximum absolute atomic E-state index is 12.9. The number of halogens is 1. The summed E-state index contributed by atoms with van der Waals surface area (Å²) in [4.78, 5) is 11.8. The lowest BCUT2D eigenvalue weighted by Gasteiger charge is -2.31. The fourth-order valence-corrected chi connectivity index (χ4v) is 4.31. The Hall–Kier alpha value is -1.15. The van der Waals surface area contributed by atoms with Gasteiger partial charge in [-0.3, -0.25) is 0 Å². The summed E-state index contributed by atoms with van der Waals surface area (Å²) in [7, 11) is -0.754. The predicted octanol–water partition coefficient (Wildman–Crippen LogP) is 1.58. The van der Waals surface area contributed by atoms with E-state index in [0.717, 1.165) is 25.9 Å². The number of hydrogen-bond acceptors (Lipinski definition) is 5. The highest BCUT2D eigenvalue weighted by Gasteiger charge is 2.30. The Balaban J connectivity index is 0.00000264. The standard InChI is InChI=1S/C15H22N2O4S.ClH/c1-11-4-5-12(15(18)21-3)10-14(11)22(19,20)17(2)13-6-8-16-9-7-13;/h4-5,10,13,16H,6-9H2,1-3H3;1H. The van der Waals surface area contributed by atoms with Crippen molar-refractivity contribution in [1.82, 2.24) is 9.62 Å². The van der Waals surface area contributed by atoms with Crippen LogP contribution in [0.15, 0.2) is 23.1 Å². The topological polar surface area (TPSA) is 75.7 Å². The molecule has 1 aromatic rings. The molecule has 1 fully saturated rings. The van der Waals surface area contributed by atoms with Gasteiger partial charge in [0.05, 0.1) is 17.6 Å². The van der Waals surface area contributed by atoms with E-state index in [9.17, 15) is 13.2 Å². The second-order valence-electron chi connectivity index (χ2n) is 5.47. The first-order valence-corrected chi connectivity index (χ1v) is 8.69. The summed E-state index contributed by atoms with van der Waals surface area (Å²) in [6, 6.07) is 4.58. The van der Waals surface area contributed by atoms with E-state index in [0.29, 0.717) is 5.56 Å². The van der Waals surface area contributed by atoms with Gasteiger partial charge in [-0.2, -0.15) is 4.31 Å². The smallest absolute Gasteiger partial charge is 0.337 e. The largest absolute Gasteiger partial charge is 0.465 e. The first-order valence-electron chi connectivity index (χ1n) is 7.25. The summed E-state index contributed by atoms with van der Waals surface area (Å²) >= 11 is 0. The lowest BCUT2D eigenvalue weighted by atomic mass is 10.1. The maximum atomic E-state index is 12.9. The Bertz CT molecular complexity index is 657. The van der Waals surface area contributed by atoms with E-state index in [1.165, 1.54) is 17.5 Å². The molecule has 8 heteroatoms. The van der Waals surface area contributed by atoms with Gasteiger partial charge in [0.2, 0.25) is 10.0 Å². The third-order valence-corrected chi connectivity index (χ3v) is 6.14. The van der Waals surface area contributed by atoms with Crippen LogP contribution < -0.4 is 5.32 Å². The number of hydrogen-bond donors (Lipinski definition) is 1. The molecular formula is C15H23ClN2O4S. The van der Waals surface area contributed by atoms with Crippen LogP contribution in [0.25, 0.3) is 0 Å². The van der Waals surface area contributed by atoms with Crippen LogP contribution in [0.1, 0.15) is 28.8 Å². The summed E-state index contributed by atoms with van der Waals surface area (Å²) in [6.45, 7) is 3.35. The number of esters is 1. The van der Waals surface area contributed by atoms with E-state index >= 15 is 0 Å². The van der Waals surface area contributed by atoms with Crippen molar-refractivity contribution in [2.75, 3.05) is 27.2 Å². The minimum absolute atomic E-state index is 0. The van der Waals surface area contributed by atoms with Crippen LogP contribution in [-0.4, -0.2) is 52.0 Å². The molecule has 6 nitrogen and oxygen atoms in total. The van der Waals surface area contributed by atoms with Gasteiger partial charge in [-0.25, -0.2) is 13.2 Å². The molecular weight excluding hydrogens is 340 g/mol. The molecule has 1 aliphatic rings. The Morgan fingerprint density at radius 3 is 2.48 bits per heavy atom. The fraction of sp³-hybridized carbons (Fsp3) is 0.533. The number of sulfonamides is 1. The second-order valence-corrected chi connectivity index (χ2v) is 7.44. The predicted molar refractivity (Wildman–Crippen MR) is 90.6 cm³/mol. The van der Waals surface area contributed by atoms with Crippen molar-refractivity contribution >= 4 is 28.4 Å². The van der Waals surface area contributed by atoms with Crippen LogP contribution in [0.5, 0.6) is 0 Å². The van der Waals surface area contributed by atoms with Crippen LogP contribution in [0.2, 0.25) is 0 Å². The third-order valence-electron chi connectivity index (χ3n) is 4.09. The summed E-state index contributed by atoms with van der Waals surface area (Å²) in [6.07, 6.45) is 1.57. The Labute approximate surface area is 143 Å². The van der Waals surface area contributed by atoms with Crippen LogP contribution in [-0.2, 0) is 14.8 Å². The van der Waals surface area contributed by atoms with E-state index in [2.05, 4.69) is 10.1 Å². The Morgan fingerprint density at radius 1 is 1.30 bits per heavy atom. The summed E-state index contributed by atoms with van der Waals surface area (Å²) < 4.78 is 31.8. The molecule has 0 aliphatic carbocycles. The molecule has 130 valence electrons. The molecule has 0 amide bonds. The van der Waals surface area contributed by atoms with Crippen LogP contribution >= 0.6 is 12.4 Å². The highest BCUT2D eigenvalue weighted by atomic mass is 35.5. The summed E-state index contributed by atoms with van der Waals surface area (Å²) in [5, 5.41) is 3.22. The Kier molecular flexibility index (Phi) is 7.01. The second kappa shape index (κ2) is 8.10. The minimum Gasteiger partial charge on any atom is -0.465 e. The van der Waals surface area contributed by atoms with Crippen LogP contribution in [0.3, 0.4) is 0 Å². The Morgan fingerprint density at radius 2 is 1.91 bits per heavy atom. The van der Waals surface area contributed by atoms with Crippen molar-refractivity contribution in [3.63, 3.8) is 0 Å². The van der Waals surface area contributed by atoms with Gasteiger partial charge in [0.25, 0.3) is 0 Å². The molecule has 2 rings (SSSR count). The average molecular weight is 363 g/mol. The van der Waals surface area contributed by atoms with E-state index < -0.39 is 16.0 Å².